The third kappa shape index (κ3) is 5.49. The predicted molar refractivity (Wildman–Crippen MR) is 122 cm³/mol. The minimum absolute atomic E-state index is 0.166. The number of alkyl carbamates (subject to hydrolysis) is 1. The van der Waals surface area contributed by atoms with E-state index < -0.39 is 29.0 Å². The Balaban J connectivity index is 2.21. The van der Waals surface area contributed by atoms with Crippen LogP contribution in [0.15, 0.2) is 84.1 Å². The minimum atomic E-state index is -5.09. The number of hydrogen-bond acceptors (Lipinski definition) is 4. The van der Waals surface area contributed by atoms with Crippen molar-refractivity contribution in [2.45, 2.75) is 38.1 Å². The average molecular weight is 468 g/mol. The summed E-state index contributed by atoms with van der Waals surface area (Å²) < 4.78 is 54.9. The molecule has 3 rings (SSSR count). The number of carbonyl (C=O) groups excluding carboxylic acids is 1. The summed E-state index contributed by atoms with van der Waals surface area (Å²) in [6, 6.07) is 18.5. The highest BCUT2D eigenvalue weighted by Gasteiger charge is 2.61. The Morgan fingerprint density at radius 1 is 1.03 bits per heavy atom. The molecule has 5 nitrogen and oxygen atoms in total. The summed E-state index contributed by atoms with van der Waals surface area (Å²) in [6.07, 6.45) is -2.92. The van der Waals surface area contributed by atoms with Crippen LogP contribution in [-0.2, 0) is 9.47 Å². The van der Waals surface area contributed by atoms with Gasteiger partial charge in [-0.05, 0) is 38.5 Å². The van der Waals surface area contributed by atoms with Gasteiger partial charge in [0.05, 0.1) is 0 Å². The SMILES string of the molecule is CC(C)(C)OC(=O)NC1(C(F)(F)F)C=C(c2ccccc2)OC(/C=C/c2ccccc2)=C1C#N. The quantitative estimate of drug-likeness (QED) is 0.566. The highest BCUT2D eigenvalue weighted by molar-refractivity contribution is 5.76. The normalized spacial score (nSPS) is 18.7. The first kappa shape index (κ1) is 24.6. The molecule has 8 heteroatoms. The molecule has 34 heavy (non-hydrogen) atoms. The number of nitriles is 1. The van der Waals surface area contributed by atoms with Crippen LogP contribution in [0.2, 0.25) is 0 Å². The molecule has 176 valence electrons. The molecule has 0 radical (unpaired) electrons. The number of amides is 1. The van der Waals surface area contributed by atoms with Gasteiger partial charge in [0.25, 0.3) is 0 Å². The van der Waals surface area contributed by atoms with Crippen LogP contribution in [0.25, 0.3) is 11.8 Å². The van der Waals surface area contributed by atoms with Gasteiger partial charge in [0.1, 0.15) is 28.8 Å². The second kappa shape index (κ2) is 9.48. The fraction of sp³-hybridized carbons (Fsp3) is 0.231. The number of benzene rings is 2. The first-order chi connectivity index (χ1) is 15.9. The lowest BCUT2D eigenvalue weighted by Gasteiger charge is -2.37. The summed E-state index contributed by atoms with van der Waals surface area (Å²) in [6.45, 7) is 4.57. The van der Waals surface area contributed by atoms with Crippen LogP contribution in [-0.4, -0.2) is 23.4 Å². The van der Waals surface area contributed by atoms with Gasteiger partial charge in [0, 0.05) is 5.56 Å². The summed E-state index contributed by atoms with van der Waals surface area (Å²) in [7, 11) is 0. The van der Waals surface area contributed by atoms with Gasteiger partial charge in [0.15, 0.2) is 0 Å². The van der Waals surface area contributed by atoms with Crippen LogP contribution in [0.4, 0.5) is 18.0 Å². The zero-order chi connectivity index (χ0) is 25.0. The third-order valence-electron chi connectivity index (χ3n) is 4.75. The van der Waals surface area contributed by atoms with Crippen molar-refractivity contribution >= 4 is 17.9 Å². The number of halogens is 3. The molecular weight excluding hydrogens is 445 g/mol. The van der Waals surface area contributed by atoms with Gasteiger partial charge in [-0.2, -0.15) is 18.4 Å². The van der Waals surface area contributed by atoms with E-state index in [1.165, 1.54) is 32.9 Å². The van der Waals surface area contributed by atoms with Crippen molar-refractivity contribution in [1.29, 1.82) is 5.26 Å². The van der Waals surface area contributed by atoms with Crippen LogP contribution in [0.5, 0.6) is 0 Å². The Kier molecular flexibility index (Phi) is 6.87. The van der Waals surface area contributed by atoms with Crippen molar-refractivity contribution in [2.24, 2.45) is 0 Å². The standard InChI is InChI=1S/C26H23F3N2O3/c1-24(2,3)34-23(32)31-25(26(27,28)29)16-22(19-12-8-5-9-13-19)33-21(20(25)17-30)15-14-18-10-6-4-7-11-18/h4-16H,1-3H3,(H,31,32)/b15-14+. The van der Waals surface area contributed by atoms with E-state index in [1.54, 1.807) is 66.7 Å². The number of nitrogens with one attached hydrogen (secondary N) is 1. The molecule has 1 N–H and O–H groups in total. The molecule has 0 bridgehead atoms. The Bertz CT molecular complexity index is 1170. The van der Waals surface area contributed by atoms with Gasteiger partial charge >= 0.3 is 12.3 Å². The minimum Gasteiger partial charge on any atom is -0.456 e. The lowest BCUT2D eigenvalue weighted by atomic mass is 9.85. The molecule has 1 heterocycles. The number of ether oxygens (including phenoxy) is 2. The summed E-state index contributed by atoms with van der Waals surface area (Å²) in [4.78, 5) is 12.5. The smallest absolute Gasteiger partial charge is 0.420 e. The van der Waals surface area contributed by atoms with Crippen LogP contribution in [0.1, 0.15) is 31.9 Å². The first-order valence-electron chi connectivity index (χ1n) is 10.4. The van der Waals surface area contributed by atoms with Crippen molar-refractivity contribution in [2.75, 3.05) is 0 Å². The van der Waals surface area contributed by atoms with E-state index in [0.29, 0.717) is 17.2 Å². The molecule has 0 fully saturated rings. The van der Waals surface area contributed by atoms with Gasteiger partial charge in [-0.1, -0.05) is 66.7 Å². The Morgan fingerprint density at radius 3 is 2.15 bits per heavy atom. The number of carbonyl (C=O) groups is 1. The highest BCUT2D eigenvalue weighted by atomic mass is 19.4. The van der Waals surface area contributed by atoms with E-state index in [2.05, 4.69) is 0 Å². The average Bonchev–Trinajstić information content (AvgIpc) is 2.76. The zero-order valence-electron chi connectivity index (χ0n) is 18.8. The molecule has 0 saturated heterocycles. The molecule has 2 aromatic rings. The second-order valence-electron chi connectivity index (χ2n) is 8.50. The van der Waals surface area contributed by atoms with E-state index >= 15 is 0 Å². The van der Waals surface area contributed by atoms with Crippen molar-refractivity contribution in [3.63, 3.8) is 0 Å². The maximum absolute atomic E-state index is 14.7. The maximum atomic E-state index is 14.7. The molecule has 2 aromatic carbocycles. The largest absolute Gasteiger partial charge is 0.456 e. The molecule has 0 saturated carbocycles. The van der Waals surface area contributed by atoms with Gasteiger partial charge in [-0.25, -0.2) is 4.79 Å². The third-order valence-corrected chi connectivity index (χ3v) is 4.75. The zero-order valence-corrected chi connectivity index (χ0v) is 18.8. The number of allylic oxidation sites excluding steroid dienone is 1. The number of hydrogen-bond donors (Lipinski definition) is 1. The molecule has 1 amide bonds. The lowest BCUT2D eigenvalue weighted by Crippen LogP contribution is -2.60. The second-order valence-corrected chi connectivity index (χ2v) is 8.50. The lowest BCUT2D eigenvalue weighted by molar-refractivity contribution is -0.170. The van der Waals surface area contributed by atoms with Crippen molar-refractivity contribution in [1.82, 2.24) is 5.32 Å². The summed E-state index contributed by atoms with van der Waals surface area (Å²) in [5.74, 6) is -0.512. The Morgan fingerprint density at radius 2 is 1.62 bits per heavy atom. The molecule has 1 atom stereocenters. The monoisotopic (exact) mass is 468 g/mol. The van der Waals surface area contributed by atoms with E-state index in [4.69, 9.17) is 9.47 Å². The number of nitrogens with zero attached hydrogens (tertiary/aromatic N) is 1. The number of alkyl halides is 3. The number of rotatable bonds is 4. The van der Waals surface area contributed by atoms with Crippen LogP contribution in [0, 0.1) is 11.3 Å². The molecule has 1 aliphatic rings. The van der Waals surface area contributed by atoms with Crippen molar-refractivity contribution in [3.05, 3.63) is 95.3 Å². The van der Waals surface area contributed by atoms with E-state index in [1.807, 2.05) is 5.32 Å². The molecular formula is C26H23F3N2O3. The van der Waals surface area contributed by atoms with Crippen LogP contribution < -0.4 is 5.32 Å². The maximum Gasteiger partial charge on any atom is 0.420 e. The van der Waals surface area contributed by atoms with Gasteiger partial charge < -0.3 is 9.47 Å². The van der Waals surface area contributed by atoms with Crippen molar-refractivity contribution < 1.29 is 27.4 Å². The predicted octanol–water partition coefficient (Wildman–Crippen LogP) is 6.37. The van der Waals surface area contributed by atoms with E-state index in [0.717, 1.165) is 0 Å². The van der Waals surface area contributed by atoms with E-state index in [-0.39, 0.29) is 11.5 Å². The molecule has 0 spiro atoms. The molecule has 1 unspecified atom stereocenters. The Hall–Kier alpha value is -3.99. The molecule has 0 aliphatic carbocycles. The fourth-order valence-electron chi connectivity index (χ4n) is 3.26. The molecule has 0 aromatic heterocycles. The van der Waals surface area contributed by atoms with Gasteiger partial charge in [-0.3, -0.25) is 5.32 Å². The fourth-order valence-corrected chi connectivity index (χ4v) is 3.26. The van der Waals surface area contributed by atoms with E-state index in [9.17, 15) is 23.2 Å². The van der Waals surface area contributed by atoms with Crippen molar-refractivity contribution in [3.8, 4) is 6.07 Å². The summed E-state index contributed by atoms with van der Waals surface area (Å²) >= 11 is 0. The highest BCUT2D eigenvalue weighted by Crippen LogP contribution is 2.45. The van der Waals surface area contributed by atoms with Crippen LogP contribution in [0.3, 0.4) is 0 Å². The summed E-state index contributed by atoms with van der Waals surface area (Å²) in [5.41, 5.74) is -4.03. The van der Waals surface area contributed by atoms with Crippen LogP contribution >= 0.6 is 0 Å². The Labute approximate surface area is 195 Å². The summed E-state index contributed by atoms with van der Waals surface area (Å²) in [5, 5.41) is 11.7. The van der Waals surface area contributed by atoms with Gasteiger partial charge in [-0.15, -0.1) is 0 Å². The molecule has 1 aliphatic heterocycles. The van der Waals surface area contributed by atoms with Gasteiger partial charge in [0.2, 0.25) is 5.54 Å². The first-order valence-corrected chi connectivity index (χ1v) is 10.4. The topological polar surface area (TPSA) is 71.3 Å².